The number of hydrogen-bond donors (Lipinski definition) is 3. The molecule has 1 aromatic carbocycles. The number of halogens is 3. The van der Waals surface area contributed by atoms with Crippen molar-refractivity contribution >= 4 is 17.5 Å². The molecule has 0 aliphatic rings. The second kappa shape index (κ2) is 7.51. The Labute approximate surface area is 119 Å². The van der Waals surface area contributed by atoms with Crippen LogP contribution in [0.1, 0.15) is 23.2 Å². The molecule has 0 unspecified atom stereocenters. The molecule has 116 valence electrons. The van der Waals surface area contributed by atoms with E-state index in [1.807, 2.05) is 0 Å². The van der Waals surface area contributed by atoms with Crippen LogP contribution in [0.3, 0.4) is 0 Å². The van der Waals surface area contributed by atoms with Gasteiger partial charge in [0.25, 0.3) is 5.91 Å². The lowest BCUT2D eigenvalue weighted by molar-refractivity contribution is -0.136. The Bertz CT molecular complexity index is 486. The molecule has 8 heteroatoms. The third-order valence-electron chi connectivity index (χ3n) is 2.54. The zero-order valence-corrected chi connectivity index (χ0v) is 11.2. The summed E-state index contributed by atoms with van der Waals surface area (Å²) in [6, 6.07) is 6.11. The molecule has 2 amide bonds. The predicted octanol–water partition coefficient (Wildman–Crippen LogP) is 1.46. The lowest BCUT2D eigenvalue weighted by Gasteiger charge is -2.08. The maximum atomic E-state index is 11.9. The molecule has 0 aliphatic heterocycles. The standard InChI is InChI=1S/C13H16F3N3O2/c14-13(15,16)6-1-7-18-11(20)8-19-12(21)9-2-4-10(17)5-3-9/h2-5H,1,6-8,17H2,(H,18,20)(H,19,21). The van der Waals surface area contributed by atoms with Gasteiger partial charge in [0.05, 0.1) is 6.54 Å². The molecule has 0 saturated carbocycles. The van der Waals surface area contributed by atoms with Gasteiger partial charge in [0, 0.05) is 24.2 Å². The van der Waals surface area contributed by atoms with Crippen molar-refractivity contribution in [1.82, 2.24) is 10.6 Å². The lowest BCUT2D eigenvalue weighted by atomic mass is 10.2. The number of alkyl halides is 3. The second-order valence-corrected chi connectivity index (χ2v) is 4.37. The average molecular weight is 303 g/mol. The highest BCUT2D eigenvalue weighted by molar-refractivity contribution is 5.96. The molecule has 5 nitrogen and oxygen atoms in total. The van der Waals surface area contributed by atoms with Crippen LogP contribution in [0.15, 0.2) is 24.3 Å². The second-order valence-electron chi connectivity index (χ2n) is 4.37. The Morgan fingerprint density at radius 2 is 1.71 bits per heavy atom. The summed E-state index contributed by atoms with van der Waals surface area (Å²) >= 11 is 0. The summed E-state index contributed by atoms with van der Waals surface area (Å²) in [6.45, 7) is -0.384. The fourth-order valence-corrected chi connectivity index (χ4v) is 1.48. The molecule has 0 spiro atoms. The van der Waals surface area contributed by atoms with Crippen LogP contribution in [0.2, 0.25) is 0 Å². The maximum Gasteiger partial charge on any atom is 0.389 e. The minimum atomic E-state index is -4.23. The fraction of sp³-hybridized carbons (Fsp3) is 0.385. The molecule has 4 N–H and O–H groups in total. The number of nitrogens with one attached hydrogen (secondary N) is 2. The van der Waals surface area contributed by atoms with E-state index in [0.717, 1.165) is 0 Å². The van der Waals surface area contributed by atoms with Gasteiger partial charge in [0.2, 0.25) is 5.91 Å². The van der Waals surface area contributed by atoms with E-state index in [0.29, 0.717) is 11.3 Å². The van der Waals surface area contributed by atoms with E-state index in [1.165, 1.54) is 12.1 Å². The summed E-state index contributed by atoms with van der Waals surface area (Å²) in [5.41, 5.74) is 6.32. The third kappa shape index (κ3) is 7.19. The summed E-state index contributed by atoms with van der Waals surface area (Å²) in [7, 11) is 0. The SMILES string of the molecule is Nc1ccc(C(=O)NCC(=O)NCCCC(F)(F)F)cc1. The van der Waals surface area contributed by atoms with E-state index >= 15 is 0 Å². The lowest BCUT2D eigenvalue weighted by Crippen LogP contribution is -2.37. The van der Waals surface area contributed by atoms with E-state index in [1.54, 1.807) is 12.1 Å². The van der Waals surface area contributed by atoms with Gasteiger partial charge >= 0.3 is 6.18 Å². The van der Waals surface area contributed by atoms with Crippen molar-refractivity contribution < 1.29 is 22.8 Å². The Morgan fingerprint density at radius 3 is 2.29 bits per heavy atom. The molecular formula is C13H16F3N3O2. The van der Waals surface area contributed by atoms with Gasteiger partial charge in [-0.3, -0.25) is 9.59 Å². The zero-order valence-electron chi connectivity index (χ0n) is 11.2. The van der Waals surface area contributed by atoms with Crippen LogP contribution in [0, 0.1) is 0 Å². The summed E-state index contributed by atoms with van der Waals surface area (Å²) < 4.78 is 35.6. The molecule has 1 rings (SSSR count). The van der Waals surface area contributed by atoms with Crippen molar-refractivity contribution in [3.05, 3.63) is 29.8 Å². The van der Waals surface area contributed by atoms with Gasteiger partial charge in [-0.25, -0.2) is 0 Å². The first-order valence-corrected chi connectivity index (χ1v) is 6.25. The maximum absolute atomic E-state index is 11.9. The molecule has 0 saturated heterocycles. The third-order valence-corrected chi connectivity index (χ3v) is 2.54. The molecule has 1 aromatic rings. The van der Waals surface area contributed by atoms with E-state index < -0.39 is 24.4 Å². The van der Waals surface area contributed by atoms with E-state index in [2.05, 4.69) is 10.6 Å². The number of anilines is 1. The predicted molar refractivity (Wildman–Crippen MR) is 71.5 cm³/mol. The number of benzene rings is 1. The topological polar surface area (TPSA) is 84.2 Å². The van der Waals surface area contributed by atoms with Crippen LogP contribution in [0.5, 0.6) is 0 Å². The molecule has 0 heterocycles. The minimum absolute atomic E-state index is 0.0872. The van der Waals surface area contributed by atoms with Crippen LogP contribution in [-0.2, 0) is 4.79 Å². The Balaban J connectivity index is 2.23. The van der Waals surface area contributed by atoms with E-state index in [4.69, 9.17) is 5.73 Å². The molecule has 0 aromatic heterocycles. The zero-order chi connectivity index (χ0) is 15.9. The highest BCUT2D eigenvalue weighted by atomic mass is 19.4. The highest BCUT2D eigenvalue weighted by Gasteiger charge is 2.25. The van der Waals surface area contributed by atoms with Gasteiger partial charge in [0.15, 0.2) is 0 Å². The highest BCUT2D eigenvalue weighted by Crippen LogP contribution is 2.20. The summed E-state index contributed by atoms with van der Waals surface area (Å²) in [5, 5.41) is 4.66. The summed E-state index contributed by atoms with van der Waals surface area (Å²) in [4.78, 5) is 23.0. The van der Waals surface area contributed by atoms with Gasteiger partial charge in [-0.05, 0) is 30.7 Å². The van der Waals surface area contributed by atoms with Crippen LogP contribution in [0.4, 0.5) is 18.9 Å². The monoisotopic (exact) mass is 303 g/mol. The summed E-state index contributed by atoms with van der Waals surface area (Å²) in [6.07, 6.45) is -5.37. The van der Waals surface area contributed by atoms with Gasteiger partial charge in [-0.1, -0.05) is 0 Å². The Morgan fingerprint density at radius 1 is 1.10 bits per heavy atom. The molecule has 0 bridgehead atoms. The van der Waals surface area contributed by atoms with Crippen molar-refractivity contribution in [2.24, 2.45) is 0 Å². The molecule has 0 radical (unpaired) electrons. The van der Waals surface area contributed by atoms with Crippen molar-refractivity contribution in [2.75, 3.05) is 18.8 Å². The largest absolute Gasteiger partial charge is 0.399 e. The van der Waals surface area contributed by atoms with Gasteiger partial charge in [0.1, 0.15) is 0 Å². The molecule has 0 fully saturated rings. The first-order valence-electron chi connectivity index (χ1n) is 6.25. The van der Waals surface area contributed by atoms with E-state index in [9.17, 15) is 22.8 Å². The minimum Gasteiger partial charge on any atom is -0.399 e. The van der Waals surface area contributed by atoms with Crippen molar-refractivity contribution in [3.63, 3.8) is 0 Å². The number of rotatable bonds is 6. The van der Waals surface area contributed by atoms with Gasteiger partial charge in [-0.15, -0.1) is 0 Å². The van der Waals surface area contributed by atoms with Crippen LogP contribution in [0.25, 0.3) is 0 Å². The van der Waals surface area contributed by atoms with Crippen LogP contribution < -0.4 is 16.4 Å². The average Bonchev–Trinajstić information content (AvgIpc) is 2.41. The van der Waals surface area contributed by atoms with Crippen molar-refractivity contribution in [2.45, 2.75) is 19.0 Å². The van der Waals surface area contributed by atoms with Crippen molar-refractivity contribution in [1.29, 1.82) is 0 Å². The molecule has 0 aliphatic carbocycles. The van der Waals surface area contributed by atoms with E-state index in [-0.39, 0.29) is 19.5 Å². The smallest absolute Gasteiger partial charge is 0.389 e. The Kier molecular flexibility index (Phi) is 6.01. The van der Waals surface area contributed by atoms with Gasteiger partial charge < -0.3 is 16.4 Å². The van der Waals surface area contributed by atoms with Crippen LogP contribution in [-0.4, -0.2) is 31.1 Å². The molecule has 0 atom stereocenters. The number of nitrogen functional groups attached to an aromatic ring is 1. The van der Waals surface area contributed by atoms with Crippen LogP contribution >= 0.6 is 0 Å². The normalized spacial score (nSPS) is 11.0. The molecule has 21 heavy (non-hydrogen) atoms. The number of nitrogens with two attached hydrogens (primary N) is 1. The Hall–Kier alpha value is -2.25. The number of amides is 2. The first-order chi connectivity index (χ1) is 9.78. The quantitative estimate of drug-likeness (QED) is 0.549. The fourth-order valence-electron chi connectivity index (χ4n) is 1.48. The van der Waals surface area contributed by atoms with Gasteiger partial charge in [-0.2, -0.15) is 13.2 Å². The summed E-state index contributed by atoms with van der Waals surface area (Å²) in [5.74, 6) is -0.999. The first kappa shape index (κ1) is 16.8. The number of hydrogen-bond acceptors (Lipinski definition) is 3. The number of carbonyl (C=O) groups is 2. The van der Waals surface area contributed by atoms with Crippen molar-refractivity contribution in [3.8, 4) is 0 Å². The molecular weight excluding hydrogens is 287 g/mol. The number of carbonyl (C=O) groups excluding carboxylic acids is 2.